The Morgan fingerprint density at radius 1 is 0.929 bits per heavy atom. The number of carbonyl (C=O) groups excluding carboxylic acids is 2. The van der Waals surface area contributed by atoms with Crippen molar-refractivity contribution in [3.8, 4) is 11.5 Å². The summed E-state index contributed by atoms with van der Waals surface area (Å²) in [6.45, 7) is 0.268. The van der Waals surface area contributed by atoms with E-state index in [0.717, 1.165) is 16.9 Å². The van der Waals surface area contributed by atoms with Crippen LogP contribution in [-0.2, 0) is 6.54 Å². The Morgan fingerprint density at radius 3 is 2.29 bits per heavy atom. The molecule has 0 spiro atoms. The quantitative estimate of drug-likeness (QED) is 0.634. The van der Waals surface area contributed by atoms with Crippen LogP contribution in [0.3, 0.4) is 0 Å². The molecule has 3 rings (SSSR count). The first-order valence-electron chi connectivity index (χ1n) is 8.29. The molecule has 0 aliphatic carbocycles. The average Bonchev–Trinajstić information content (AvgIpc) is 3.23. The molecule has 1 aromatic heterocycles. The molecule has 28 heavy (non-hydrogen) atoms. The normalized spacial score (nSPS) is 10.2. The van der Waals surface area contributed by atoms with E-state index in [0.29, 0.717) is 17.2 Å². The van der Waals surface area contributed by atoms with Crippen LogP contribution in [0.2, 0.25) is 0 Å². The smallest absolute Gasteiger partial charge is 0.286 e. The molecule has 0 unspecified atom stereocenters. The van der Waals surface area contributed by atoms with Crippen LogP contribution in [0, 0.1) is 0 Å². The van der Waals surface area contributed by atoms with Crippen molar-refractivity contribution in [1.29, 1.82) is 0 Å². The van der Waals surface area contributed by atoms with Gasteiger partial charge in [-0.2, -0.15) is 0 Å². The van der Waals surface area contributed by atoms with Crippen molar-refractivity contribution in [2.45, 2.75) is 6.54 Å². The Morgan fingerprint density at radius 2 is 1.61 bits per heavy atom. The highest BCUT2D eigenvalue weighted by molar-refractivity contribution is 7.15. The number of nitrogens with one attached hydrogen (secondary N) is 2. The first-order chi connectivity index (χ1) is 13.6. The summed E-state index contributed by atoms with van der Waals surface area (Å²) in [7, 11) is 3.10. The third kappa shape index (κ3) is 4.63. The minimum Gasteiger partial charge on any atom is -0.493 e. The number of anilines is 1. The molecule has 2 amide bonds. The number of para-hydroxylation sites is 1. The molecule has 0 bridgehead atoms. The fourth-order valence-electron chi connectivity index (χ4n) is 2.36. The number of amides is 2. The van der Waals surface area contributed by atoms with Gasteiger partial charge in [0.05, 0.1) is 14.2 Å². The molecule has 0 saturated carbocycles. The van der Waals surface area contributed by atoms with Crippen LogP contribution < -0.4 is 20.1 Å². The summed E-state index contributed by atoms with van der Waals surface area (Å²) in [4.78, 5) is 24.5. The second-order valence-electron chi connectivity index (χ2n) is 5.60. The molecule has 2 aromatic carbocycles. The van der Waals surface area contributed by atoms with Gasteiger partial charge in [-0.25, -0.2) is 0 Å². The van der Waals surface area contributed by atoms with E-state index in [1.807, 2.05) is 24.3 Å². The fraction of sp³-hybridized carbons (Fsp3) is 0.158. The van der Waals surface area contributed by atoms with Gasteiger partial charge in [0.15, 0.2) is 11.5 Å². The summed E-state index contributed by atoms with van der Waals surface area (Å²) in [6.07, 6.45) is 0. The molecule has 8 nitrogen and oxygen atoms in total. The van der Waals surface area contributed by atoms with Gasteiger partial charge in [0.1, 0.15) is 0 Å². The molecule has 0 aliphatic heterocycles. The maximum absolute atomic E-state index is 12.3. The van der Waals surface area contributed by atoms with Crippen LogP contribution in [0.25, 0.3) is 0 Å². The van der Waals surface area contributed by atoms with Crippen molar-refractivity contribution >= 4 is 28.8 Å². The summed E-state index contributed by atoms with van der Waals surface area (Å²) in [6, 6.07) is 14.3. The number of nitrogens with zero attached hydrogens (tertiary/aromatic N) is 2. The molecular formula is C19H18N4O4S. The van der Waals surface area contributed by atoms with Crippen molar-refractivity contribution < 1.29 is 19.1 Å². The SMILES string of the molecule is COc1ccc(CNC(=O)c2nnc(C(=O)Nc3ccccc3)s2)cc1OC. The van der Waals surface area contributed by atoms with Crippen molar-refractivity contribution in [1.82, 2.24) is 15.5 Å². The minimum atomic E-state index is -0.414. The highest BCUT2D eigenvalue weighted by Crippen LogP contribution is 2.27. The van der Waals surface area contributed by atoms with Crippen molar-refractivity contribution in [3.05, 3.63) is 64.1 Å². The second kappa shape index (κ2) is 8.96. The van der Waals surface area contributed by atoms with Gasteiger partial charge in [-0.15, -0.1) is 10.2 Å². The first-order valence-corrected chi connectivity index (χ1v) is 9.11. The molecule has 0 aliphatic rings. The van der Waals surface area contributed by atoms with Gasteiger partial charge in [0.25, 0.3) is 11.8 Å². The molecule has 144 valence electrons. The summed E-state index contributed by atoms with van der Waals surface area (Å²) in [5.41, 5.74) is 1.47. The number of hydrogen-bond acceptors (Lipinski definition) is 7. The Balaban J connectivity index is 1.60. The lowest BCUT2D eigenvalue weighted by Crippen LogP contribution is -2.22. The van der Waals surface area contributed by atoms with Crippen LogP contribution >= 0.6 is 11.3 Å². The van der Waals surface area contributed by atoms with Gasteiger partial charge in [0.2, 0.25) is 10.0 Å². The summed E-state index contributed by atoms with van der Waals surface area (Å²) in [5, 5.41) is 13.3. The Bertz CT molecular complexity index is 975. The zero-order chi connectivity index (χ0) is 19.9. The van der Waals surface area contributed by atoms with Gasteiger partial charge < -0.3 is 20.1 Å². The number of ether oxygens (including phenoxy) is 2. The van der Waals surface area contributed by atoms with Crippen LogP contribution in [-0.4, -0.2) is 36.2 Å². The zero-order valence-corrected chi connectivity index (χ0v) is 16.1. The molecule has 3 aromatic rings. The summed E-state index contributed by atoms with van der Waals surface area (Å²) in [5.74, 6) is 0.356. The molecule has 0 saturated heterocycles. The number of hydrogen-bond donors (Lipinski definition) is 2. The van der Waals surface area contributed by atoms with E-state index in [1.54, 1.807) is 38.5 Å². The maximum atomic E-state index is 12.3. The predicted octanol–water partition coefficient (Wildman–Crippen LogP) is 2.74. The lowest BCUT2D eigenvalue weighted by molar-refractivity contribution is 0.0948. The maximum Gasteiger partial charge on any atom is 0.286 e. The average molecular weight is 398 g/mol. The monoisotopic (exact) mass is 398 g/mol. The Hall–Kier alpha value is -3.46. The van der Waals surface area contributed by atoms with E-state index in [2.05, 4.69) is 20.8 Å². The first kappa shape index (κ1) is 19.3. The van der Waals surface area contributed by atoms with Crippen molar-refractivity contribution in [3.63, 3.8) is 0 Å². The van der Waals surface area contributed by atoms with E-state index in [4.69, 9.17) is 9.47 Å². The molecule has 1 heterocycles. The van der Waals surface area contributed by atoms with Crippen LogP contribution in [0.1, 0.15) is 25.2 Å². The molecule has 0 atom stereocenters. The fourth-order valence-corrected chi connectivity index (χ4v) is 3.02. The molecular weight excluding hydrogens is 380 g/mol. The van der Waals surface area contributed by atoms with Gasteiger partial charge in [0, 0.05) is 12.2 Å². The second-order valence-corrected chi connectivity index (χ2v) is 6.58. The molecule has 0 fully saturated rings. The number of rotatable bonds is 7. The lowest BCUT2D eigenvalue weighted by atomic mass is 10.2. The van der Waals surface area contributed by atoms with Crippen LogP contribution in [0.4, 0.5) is 5.69 Å². The third-order valence-electron chi connectivity index (χ3n) is 3.75. The Kier molecular flexibility index (Phi) is 6.18. The molecule has 0 radical (unpaired) electrons. The largest absolute Gasteiger partial charge is 0.493 e. The molecule has 9 heteroatoms. The van der Waals surface area contributed by atoms with Crippen LogP contribution in [0.15, 0.2) is 48.5 Å². The number of benzene rings is 2. The summed E-state index contributed by atoms with van der Waals surface area (Å²) >= 11 is 0.926. The zero-order valence-electron chi connectivity index (χ0n) is 15.3. The lowest BCUT2D eigenvalue weighted by Gasteiger charge is -2.09. The van der Waals surface area contributed by atoms with Gasteiger partial charge in [-0.05, 0) is 29.8 Å². The van der Waals surface area contributed by atoms with Crippen molar-refractivity contribution in [2.75, 3.05) is 19.5 Å². The standard InChI is InChI=1S/C19H18N4O4S/c1-26-14-9-8-12(10-15(14)27-2)11-20-16(24)18-22-23-19(28-18)17(25)21-13-6-4-3-5-7-13/h3-10H,11H2,1-2H3,(H,20,24)(H,21,25). The minimum absolute atomic E-state index is 0.110. The number of aromatic nitrogens is 2. The topological polar surface area (TPSA) is 102 Å². The van der Waals surface area contributed by atoms with E-state index in [1.165, 1.54) is 0 Å². The van der Waals surface area contributed by atoms with Crippen LogP contribution in [0.5, 0.6) is 11.5 Å². The third-order valence-corrected chi connectivity index (χ3v) is 4.67. The predicted molar refractivity (Wildman–Crippen MR) is 105 cm³/mol. The van der Waals surface area contributed by atoms with Gasteiger partial charge in [-0.3, -0.25) is 9.59 Å². The number of methoxy groups -OCH3 is 2. The van der Waals surface area contributed by atoms with E-state index >= 15 is 0 Å². The summed E-state index contributed by atoms with van der Waals surface area (Å²) < 4.78 is 10.4. The highest BCUT2D eigenvalue weighted by atomic mass is 32.1. The van der Waals surface area contributed by atoms with Crippen molar-refractivity contribution in [2.24, 2.45) is 0 Å². The van der Waals surface area contributed by atoms with Gasteiger partial charge >= 0.3 is 0 Å². The highest BCUT2D eigenvalue weighted by Gasteiger charge is 2.17. The molecule has 2 N–H and O–H groups in total. The van der Waals surface area contributed by atoms with E-state index in [9.17, 15) is 9.59 Å². The van der Waals surface area contributed by atoms with E-state index < -0.39 is 11.8 Å². The Labute approximate surface area is 165 Å². The number of carbonyl (C=O) groups is 2. The van der Waals surface area contributed by atoms with E-state index in [-0.39, 0.29) is 16.6 Å². The van der Waals surface area contributed by atoms with Gasteiger partial charge in [-0.1, -0.05) is 35.6 Å².